The Labute approximate surface area is 133 Å². The van der Waals surface area contributed by atoms with E-state index >= 15 is 0 Å². The number of hydrogen-bond acceptors (Lipinski definition) is 3. The minimum atomic E-state index is -0.372. The highest BCUT2D eigenvalue weighted by atomic mass is 35.5. The first-order valence-corrected chi connectivity index (χ1v) is 8.45. The molecule has 0 spiro atoms. The van der Waals surface area contributed by atoms with Crippen LogP contribution in [0.1, 0.15) is 18.4 Å². The third kappa shape index (κ3) is 4.55. The maximum absolute atomic E-state index is 12.0. The molecule has 0 aromatic heterocycles. The summed E-state index contributed by atoms with van der Waals surface area (Å²) in [5.74, 6) is 1.17. The van der Waals surface area contributed by atoms with Gasteiger partial charge in [0.05, 0.1) is 11.9 Å². The van der Waals surface area contributed by atoms with Crippen LogP contribution in [0.4, 0.5) is 0 Å². The van der Waals surface area contributed by atoms with Gasteiger partial charge in [0.25, 0.3) is 0 Å². The molecule has 1 atom stereocenters. The van der Waals surface area contributed by atoms with Crippen molar-refractivity contribution in [2.24, 2.45) is 0 Å². The summed E-state index contributed by atoms with van der Waals surface area (Å²) >= 11 is 13.5. The van der Waals surface area contributed by atoms with Crippen molar-refractivity contribution in [2.45, 2.75) is 24.7 Å². The number of piperidine rings is 1. The number of aliphatic hydroxyl groups excluding tert-OH is 1. The van der Waals surface area contributed by atoms with Crippen LogP contribution in [0.15, 0.2) is 18.2 Å². The molecular formula is C14H17Cl2NO2S. The molecule has 0 radical (unpaired) electrons. The number of carbonyl (C=O) groups is 1. The molecule has 6 heteroatoms. The fraction of sp³-hybridized carbons (Fsp3) is 0.500. The topological polar surface area (TPSA) is 40.5 Å². The number of carbonyl (C=O) groups excluding carboxylic acids is 1. The molecule has 1 aromatic rings. The van der Waals surface area contributed by atoms with Gasteiger partial charge in [-0.3, -0.25) is 4.79 Å². The minimum absolute atomic E-state index is 0.0823. The fourth-order valence-electron chi connectivity index (χ4n) is 2.16. The van der Waals surface area contributed by atoms with E-state index in [9.17, 15) is 9.90 Å². The first kappa shape index (κ1) is 16.0. The molecule has 1 aromatic carbocycles. The van der Waals surface area contributed by atoms with Crippen molar-refractivity contribution in [1.82, 2.24) is 4.90 Å². The molecule has 1 aliphatic rings. The number of aliphatic hydroxyl groups is 1. The van der Waals surface area contributed by atoms with Gasteiger partial charge in [-0.2, -0.15) is 0 Å². The summed E-state index contributed by atoms with van der Waals surface area (Å²) in [5, 5.41) is 10.8. The quantitative estimate of drug-likeness (QED) is 0.919. The van der Waals surface area contributed by atoms with Crippen LogP contribution in [0.2, 0.25) is 10.0 Å². The van der Waals surface area contributed by atoms with Crippen molar-refractivity contribution >= 4 is 40.9 Å². The maximum atomic E-state index is 12.0. The molecular weight excluding hydrogens is 317 g/mol. The Bertz CT molecular complexity index is 484. The summed E-state index contributed by atoms with van der Waals surface area (Å²) in [4.78, 5) is 13.8. The van der Waals surface area contributed by atoms with E-state index < -0.39 is 0 Å². The van der Waals surface area contributed by atoms with Crippen LogP contribution in [0, 0.1) is 0 Å². The van der Waals surface area contributed by atoms with Crippen LogP contribution >= 0.6 is 35.0 Å². The van der Waals surface area contributed by atoms with E-state index in [0.717, 1.165) is 24.9 Å². The molecule has 3 nitrogen and oxygen atoms in total. The van der Waals surface area contributed by atoms with Crippen LogP contribution < -0.4 is 0 Å². The average Bonchev–Trinajstić information content (AvgIpc) is 2.41. The Hall–Kier alpha value is -0.420. The minimum Gasteiger partial charge on any atom is -0.391 e. The number of halogens is 2. The number of hydrogen-bond donors (Lipinski definition) is 1. The Morgan fingerprint density at radius 1 is 1.45 bits per heavy atom. The van der Waals surface area contributed by atoms with Gasteiger partial charge in [-0.1, -0.05) is 29.3 Å². The SMILES string of the molecule is O=C(CSCc1ccc(Cl)cc1Cl)N1CCCC(O)C1. The number of likely N-dealkylation sites (tertiary alicyclic amines) is 1. The van der Waals surface area contributed by atoms with Gasteiger partial charge in [-0.25, -0.2) is 0 Å². The van der Waals surface area contributed by atoms with Gasteiger partial charge in [0.2, 0.25) is 5.91 Å². The van der Waals surface area contributed by atoms with Crippen LogP contribution in [0.3, 0.4) is 0 Å². The van der Waals surface area contributed by atoms with Crippen molar-refractivity contribution in [1.29, 1.82) is 0 Å². The Balaban J connectivity index is 1.79. The number of benzene rings is 1. The number of thioether (sulfide) groups is 1. The zero-order valence-electron chi connectivity index (χ0n) is 11.0. The largest absolute Gasteiger partial charge is 0.391 e. The number of β-amino-alcohol motifs (C(OH)–C–C–N with tert-alkyl or cyclic N) is 1. The second-order valence-electron chi connectivity index (χ2n) is 4.86. The van der Waals surface area contributed by atoms with Gasteiger partial charge >= 0.3 is 0 Å². The Morgan fingerprint density at radius 3 is 2.95 bits per heavy atom. The lowest BCUT2D eigenvalue weighted by molar-refractivity contribution is -0.131. The molecule has 1 fully saturated rings. The molecule has 2 rings (SSSR count). The third-order valence-corrected chi connectivity index (χ3v) is 4.80. The van der Waals surface area contributed by atoms with E-state index in [0.29, 0.717) is 28.1 Å². The van der Waals surface area contributed by atoms with E-state index in [4.69, 9.17) is 23.2 Å². The second-order valence-corrected chi connectivity index (χ2v) is 6.69. The fourth-order valence-corrected chi connectivity index (χ4v) is 3.65. The van der Waals surface area contributed by atoms with Gasteiger partial charge < -0.3 is 10.0 Å². The van der Waals surface area contributed by atoms with Gasteiger partial charge in [0, 0.05) is 28.9 Å². The van der Waals surface area contributed by atoms with Crippen LogP contribution in [-0.2, 0) is 10.5 Å². The van der Waals surface area contributed by atoms with Gasteiger partial charge in [0.15, 0.2) is 0 Å². The lowest BCUT2D eigenvalue weighted by atomic mass is 10.1. The highest BCUT2D eigenvalue weighted by Crippen LogP contribution is 2.25. The summed E-state index contributed by atoms with van der Waals surface area (Å²) in [6.07, 6.45) is 1.29. The second kappa shape index (κ2) is 7.55. The summed E-state index contributed by atoms with van der Waals surface area (Å²) in [7, 11) is 0. The Kier molecular flexibility index (Phi) is 6.02. The molecule has 110 valence electrons. The maximum Gasteiger partial charge on any atom is 0.232 e. The lowest BCUT2D eigenvalue weighted by Gasteiger charge is -2.30. The van der Waals surface area contributed by atoms with E-state index in [2.05, 4.69) is 0 Å². The molecule has 0 bridgehead atoms. The van der Waals surface area contributed by atoms with Crippen LogP contribution in [0.25, 0.3) is 0 Å². The first-order valence-electron chi connectivity index (χ1n) is 6.54. The monoisotopic (exact) mass is 333 g/mol. The highest BCUT2D eigenvalue weighted by Gasteiger charge is 2.21. The predicted octanol–water partition coefficient (Wildman–Crippen LogP) is 3.21. The Morgan fingerprint density at radius 2 is 2.25 bits per heavy atom. The smallest absolute Gasteiger partial charge is 0.232 e. The van der Waals surface area contributed by atoms with E-state index in [1.165, 1.54) is 11.8 Å². The van der Waals surface area contributed by atoms with E-state index in [1.54, 1.807) is 17.0 Å². The molecule has 0 aliphatic carbocycles. The zero-order chi connectivity index (χ0) is 14.5. The molecule has 1 unspecified atom stereocenters. The van der Waals surface area contributed by atoms with Gasteiger partial charge in [0.1, 0.15) is 0 Å². The molecule has 1 amide bonds. The van der Waals surface area contributed by atoms with E-state index in [1.807, 2.05) is 6.07 Å². The molecule has 1 heterocycles. The molecule has 20 heavy (non-hydrogen) atoms. The average molecular weight is 334 g/mol. The van der Waals surface area contributed by atoms with Crippen molar-refractivity contribution in [2.75, 3.05) is 18.8 Å². The standard InChI is InChI=1S/C14H17Cl2NO2S/c15-11-4-3-10(13(16)6-11)8-20-9-14(19)17-5-1-2-12(18)7-17/h3-4,6,12,18H,1-2,5,7-9H2. The zero-order valence-corrected chi connectivity index (χ0v) is 13.3. The van der Waals surface area contributed by atoms with Gasteiger partial charge in [-0.05, 0) is 30.5 Å². The van der Waals surface area contributed by atoms with E-state index in [-0.39, 0.29) is 12.0 Å². The summed E-state index contributed by atoms with van der Waals surface area (Å²) in [6, 6.07) is 5.39. The van der Waals surface area contributed by atoms with Crippen molar-refractivity contribution in [3.05, 3.63) is 33.8 Å². The summed E-state index contributed by atoms with van der Waals surface area (Å²) in [6.45, 7) is 1.21. The molecule has 1 aliphatic heterocycles. The van der Waals surface area contributed by atoms with Crippen molar-refractivity contribution < 1.29 is 9.90 Å². The van der Waals surface area contributed by atoms with Crippen molar-refractivity contribution in [3.8, 4) is 0 Å². The molecule has 1 saturated heterocycles. The normalized spacial score (nSPS) is 19.1. The van der Waals surface area contributed by atoms with Crippen LogP contribution in [-0.4, -0.2) is 40.9 Å². The molecule has 0 saturated carbocycles. The number of nitrogens with zero attached hydrogens (tertiary/aromatic N) is 1. The molecule has 1 N–H and O–H groups in total. The highest BCUT2D eigenvalue weighted by molar-refractivity contribution is 7.99. The van der Waals surface area contributed by atoms with Crippen LogP contribution in [0.5, 0.6) is 0 Å². The predicted molar refractivity (Wildman–Crippen MR) is 84.4 cm³/mol. The lowest BCUT2D eigenvalue weighted by Crippen LogP contribution is -2.43. The summed E-state index contributed by atoms with van der Waals surface area (Å²) in [5.41, 5.74) is 0.979. The first-order chi connectivity index (χ1) is 9.56. The van der Waals surface area contributed by atoms with Gasteiger partial charge in [-0.15, -0.1) is 11.8 Å². The third-order valence-electron chi connectivity index (χ3n) is 3.25. The summed E-state index contributed by atoms with van der Waals surface area (Å²) < 4.78 is 0. The number of amides is 1. The van der Waals surface area contributed by atoms with Crippen molar-refractivity contribution in [3.63, 3.8) is 0 Å². The number of rotatable bonds is 4.